The predicted octanol–water partition coefficient (Wildman–Crippen LogP) is 1.59. The molecule has 1 atom stereocenters. The van der Waals surface area contributed by atoms with Crippen molar-refractivity contribution in [3.05, 3.63) is 0 Å². The van der Waals surface area contributed by atoms with Gasteiger partial charge in [-0.2, -0.15) is 0 Å². The quantitative estimate of drug-likeness (QED) is 0.765. The number of carboxylic acid groups (broad SMARTS) is 1. The minimum Gasteiger partial charge on any atom is -0.480 e. The molecule has 0 spiro atoms. The van der Waals surface area contributed by atoms with Crippen molar-refractivity contribution in [3.8, 4) is 0 Å². The first-order chi connectivity index (χ1) is 10.5. The highest BCUT2D eigenvalue weighted by Crippen LogP contribution is 2.29. The van der Waals surface area contributed by atoms with Gasteiger partial charge in [0.15, 0.2) is 0 Å². The monoisotopic (exact) mass is 328 g/mol. The molecule has 1 heterocycles. The summed E-state index contributed by atoms with van der Waals surface area (Å²) < 4.78 is 0. The maximum atomic E-state index is 12.6. The van der Waals surface area contributed by atoms with Crippen LogP contribution in [0.2, 0.25) is 0 Å². The van der Waals surface area contributed by atoms with Crippen LogP contribution in [0.3, 0.4) is 0 Å². The van der Waals surface area contributed by atoms with Gasteiger partial charge in [0, 0.05) is 12.2 Å². The van der Waals surface area contributed by atoms with Crippen LogP contribution in [-0.2, 0) is 14.4 Å². The molecule has 1 saturated carbocycles. The van der Waals surface area contributed by atoms with Gasteiger partial charge in [0.2, 0.25) is 11.8 Å². The van der Waals surface area contributed by atoms with Crippen molar-refractivity contribution in [2.45, 2.75) is 63.5 Å². The van der Waals surface area contributed by atoms with Crippen LogP contribution in [0.4, 0.5) is 0 Å². The Bertz CT molecular complexity index is 447. The first-order valence-electron chi connectivity index (χ1n) is 7.93. The number of hydrogen-bond donors (Lipinski definition) is 2. The third kappa shape index (κ3) is 3.56. The van der Waals surface area contributed by atoms with Gasteiger partial charge < -0.3 is 15.3 Å². The summed E-state index contributed by atoms with van der Waals surface area (Å²) in [5.41, 5.74) is -1.16. The fraction of sp³-hybridized carbons (Fsp3) is 0.800. The van der Waals surface area contributed by atoms with Gasteiger partial charge in [-0.25, -0.2) is 4.79 Å². The second kappa shape index (κ2) is 7.35. The summed E-state index contributed by atoms with van der Waals surface area (Å²) in [5.74, 6) is -0.300. The van der Waals surface area contributed by atoms with Crippen LogP contribution in [0.25, 0.3) is 0 Å². The summed E-state index contributed by atoms with van der Waals surface area (Å²) in [7, 11) is 0. The molecule has 1 saturated heterocycles. The molecule has 0 aromatic rings. The van der Waals surface area contributed by atoms with E-state index < -0.39 is 17.6 Å². The number of hydrogen-bond acceptors (Lipinski definition) is 4. The van der Waals surface area contributed by atoms with Crippen LogP contribution < -0.4 is 5.32 Å². The average molecular weight is 328 g/mol. The molecule has 2 rings (SSSR count). The van der Waals surface area contributed by atoms with Gasteiger partial charge in [0.1, 0.15) is 11.6 Å². The van der Waals surface area contributed by atoms with Gasteiger partial charge in [-0.15, -0.1) is 11.8 Å². The van der Waals surface area contributed by atoms with E-state index >= 15 is 0 Å². The second-order valence-corrected chi connectivity index (χ2v) is 7.02. The van der Waals surface area contributed by atoms with Crippen molar-refractivity contribution in [2.75, 3.05) is 11.6 Å². The zero-order chi connectivity index (χ0) is 16.2. The van der Waals surface area contributed by atoms with E-state index in [1.54, 1.807) is 11.8 Å². The summed E-state index contributed by atoms with van der Waals surface area (Å²) in [5, 5.41) is 12.4. The zero-order valence-electron chi connectivity index (χ0n) is 13.0. The molecule has 6 nitrogen and oxygen atoms in total. The van der Waals surface area contributed by atoms with Crippen LogP contribution in [0.1, 0.15) is 51.9 Å². The summed E-state index contributed by atoms with van der Waals surface area (Å²) in [6.07, 6.45) is 4.92. The predicted molar refractivity (Wildman–Crippen MR) is 84.5 cm³/mol. The number of amides is 2. The highest BCUT2D eigenvalue weighted by molar-refractivity contribution is 7.99. The first kappa shape index (κ1) is 17.1. The van der Waals surface area contributed by atoms with Crippen LogP contribution in [0.5, 0.6) is 0 Å². The van der Waals surface area contributed by atoms with Crippen molar-refractivity contribution >= 4 is 29.5 Å². The fourth-order valence-electron chi connectivity index (χ4n) is 3.15. The molecule has 22 heavy (non-hydrogen) atoms. The molecular weight excluding hydrogens is 304 g/mol. The van der Waals surface area contributed by atoms with Gasteiger partial charge in [0.05, 0.1) is 5.88 Å². The number of nitrogens with zero attached hydrogens (tertiary/aromatic N) is 1. The largest absolute Gasteiger partial charge is 0.480 e. The molecular formula is C15H24N2O4S. The number of carboxylic acids is 1. The molecule has 0 aromatic heterocycles. The van der Waals surface area contributed by atoms with E-state index in [9.17, 15) is 19.5 Å². The standard InChI is InChI=1S/C15H24N2O4S/c1-2-12(18)17-10-22-9-11(17)13(19)16-15(14(20)21)7-5-3-4-6-8-15/h11H,2-10H2,1H3,(H,16,19)(H,20,21). The third-order valence-electron chi connectivity index (χ3n) is 4.54. The Balaban J connectivity index is 2.10. The molecule has 0 aromatic carbocycles. The zero-order valence-corrected chi connectivity index (χ0v) is 13.8. The van der Waals surface area contributed by atoms with Gasteiger partial charge in [-0.05, 0) is 12.8 Å². The smallest absolute Gasteiger partial charge is 0.329 e. The SMILES string of the molecule is CCC(=O)N1CSCC1C(=O)NC1(C(=O)O)CCCCCC1. The lowest BCUT2D eigenvalue weighted by molar-refractivity contribution is -0.149. The van der Waals surface area contributed by atoms with Crippen molar-refractivity contribution in [1.29, 1.82) is 0 Å². The number of nitrogens with one attached hydrogen (secondary N) is 1. The van der Waals surface area contributed by atoms with E-state index in [-0.39, 0.29) is 11.8 Å². The molecule has 2 N–H and O–H groups in total. The third-order valence-corrected chi connectivity index (χ3v) is 5.55. The molecule has 1 aliphatic carbocycles. The van der Waals surface area contributed by atoms with Gasteiger partial charge >= 0.3 is 5.97 Å². The molecule has 1 unspecified atom stereocenters. The molecule has 0 bridgehead atoms. The number of carbonyl (C=O) groups excluding carboxylic acids is 2. The van der Waals surface area contributed by atoms with E-state index in [4.69, 9.17) is 0 Å². The highest BCUT2D eigenvalue weighted by Gasteiger charge is 2.43. The van der Waals surface area contributed by atoms with Crippen molar-refractivity contribution in [2.24, 2.45) is 0 Å². The average Bonchev–Trinajstić information content (AvgIpc) is 2.87. The van der Waals surface area contributed by atoms with Crippen LogP contribution in [0.15, 0.2) is 0 Å². The van der Waals surface area contributed by atoms with E-state index in [0.717, 1.165) is 25.7 Å². The summed E-state index contributed by atoms with van der Waals surface area (Å²) >= 11 is 1.53. The van der Waals surface area contributed by atoms with Gasteiger partial charge in [0.25, 0.3) is 0 Å². The second-order valence-electron chi connectivity index (χ2n) is 6.02. The molecule has 2 aliphatic rings. The summed E-state index contributed by atoms with van der Waals surface area (Å²) in [6, 6.07) is -0.545. The maximum absolute atomic E-state index is 12.6. The molecule has 7 heteroatoms. The van der Waals surface area contributed by atoms with Gasteiger partial charge in [-0.3, -0.25) is 9.59 Å². The van der Waals surface area contributed by atoms with E-state index in [1.165, 1.54) is 11.8 Å². The molecule has 0 radical (unpaired) electrons. The Morgan fingerprint density at radius 3 is 2.41 bits per heavy atom. The van der Waals surface area contributed by atoms with Crippen molar-refractivity contribution in [3.63, 3.8) is 0 Å². The Kier molecular flexibility index (Phi) is 5.72. The molecule has 2 fully saturated rings. The van der Waals surface area contributed by atoms with Crippen LogP contribution in [-0.4, -0.2) is 51.0 Å². The van der Waals surface area contributed by atoms with E-state index in [1.807, 2.05) is 0 Å². The Hall–Kier alpha value is -1.24. The molecule has 124 valence electrons. The Morgan fingerprint density at radius 2 is 1.86 bits per heavy atom. The minimum absolute atomic E-state index is 0.0598. The summed E-state index contributed by atoms with van der Waals surface area (Å²) in [6.45, 7) is 1.77. The minimum atomic E-state index is -1.16. The Morgan fingerprint density at radius 1 is 1.23 bits per heavy atom. The van der Waals surface area contributed by atoms with E-state index in [2.05, 4.69) is 5.32 Å². The van der Waals surface area contributed by atoms with E-state index in [0.29, 0.717) is 30.9 Å². The summed E-state index contributed by atoms with van der Waals surface area (Å²) in [4.78, 5) is 37.8. The van der Waals surface area contributed by atoms with Crippen molar-refractivity contribution < 1.29 is 19.5 Å². The Labute approximate surface area is 135 Å². The fourth-order valence-corrected chi connectivity index (χ4v) is 4.33. The molecule has 2 amide bonds. The van der Waals surface area contributed by atoms with Crippen LogP contribution >= 0.6 is 11.8 Å². The van der Waals surface area contributed by atoms with Crippen molar-refractivity contribution in [1.82, 2.24) is 10.2 Å². The molecule has 1 aliphatic heterocycles. The number of aliphatic carboxylic acids is 1. The lowest BCUT2D eigenvalue weighted by atomic mass is 9.90. The highest BCUT2D eigenvalue weighted by atomic mass is 32.2. The maximum Gasteiger partial charge on any atom is 0.329 e. The van der Waals surface area contributed by atoms with Crippen LogP contribution in [0, 0.1) is 0 Å². The number of rotatable bonds is 4. The lowest BCUT2D eigenvalue weighted by Gasteiger charge is -2.32. The normalized spacial score (nSPS) is 24.6. The topological polar surface area (TPSA) is 86.7 Å². The number of carbonyl (C=O) groups is 3. The first-order valence-corrected chi connectivity index (χ1v) is 9.08. The van der Waals surface area contributed by atoms with Gasteiger partial charge in [-0.1, -0.05) is 32.6 Å². The number of thioether (sulfide) groups is 1. The lowest BCUT2D eigenvalue weighted by Crippen LogP contribution is -2.59.